The maximum atomic E-state index is 13.4. The molecule has 150 valence electrons. The molecule has 0 aliphatic heterocycles. The van der Waals surface area contributed by atoms with Gasteiger partial charge >= 0.3 is 0 Å². The number of hydrogen-bond donors (Lipinski definition) is 0. The van der Waals surface area contributed by atoms with E-state index in [-0.39, 0.29) is 5.82 Å². The Bertz CT molecular complexity index is 1100. The number of nitrogens with zero attached hydrogens (tertiary/aromatic N) is 3. The molecular formula is C22H22FN3O2S. The Morgan fingerprint density at radius 3 is 2.59 bits per heavy atom. The molecule has 1 heterocycles. The third kappa shape index (κ3) is 4.63. The van der Waals surface area contributed by atoms with Crippen LogP contribution in [0.5, 0.6) is 11.5 Å². The lowest BCUT2D eigenvalue weighted by molar-refractivity contribution is 0.394. The number of hydrogen-bond acceptors (Lipinski definition) is 5. The molecule has 0 unspecified atom stereocenters. The molecule has 0 N–H and O–H groups in total. The summed E-state index contributed by atoms with van der Waals surface area (Å²) in [5.74, 6) is 1.08. The Kier molecular flexibility index (Phi) is 6.61. The highest BCUT2D eigenvalue weighted by atomic mass is 32.1. The van der Waals surface area contributed by atoms with E-state index in [0.717, 1.165) is 27.3 Å². The highest BCUT2D eigenvalue weighted by Crippen LogP contribution is 2.26. The second-order valence-corrected chi connectivity index (χ2v) is 6.94. The van der Waals surface area contributed by atoms with Crippen molar-refractivity contribution in [2.45, 2.75) is 6.92 Å². The van der Waals surface area contributed by atoms with Crippen LogP contribution < -0.4 is 14.3 Å². The largest absolute Gasteiger partial charge is 0.497 e. The first-order valence-corrected chi connectivity index (χ1v) is 9.81. The van der Waals surface area contributed by atoms with Crippen LogP contribution in [0.1, 0.15) is 12.5 Å². The molecule has 3 rings (SSSR count). The van der Waals surface area contributed by atoms with Crippen LogP contribution in [0.25, 0.3) is 11.3 Å². The average molecular weight is 412 g/mol. The summed E-state index contributed by atoms with van der Waals surface area (Å²) in [6, 6.07) is 11.9. The van der Waals surface area contributed by atoms with Gasteiger partial charge in [-0.3, -0.25) is 4.99 Å². The van der Waals surface area contributed by atoms with Gasteiger partial charge in [0, 0.05) is 22.6 Å². The van der Waals surface area contributed by atoms with Gasteiger partial charge in [0.1, 0.15) is 17.3 Å². The summed E-state index contributed by atoms with van der Waals surface area (Å²) >= 11 is 1.46. The molecule has 0 amide bonds. The van der Waals surface area contributed by atoms with Crippen molar-refractivity contribution in [2.24, 2.45) is 10.1 Å². The first kappa shape index (κ1) is 20.5. The van der Waals surface area contributed by atoms with E-state index >= 15 is 0 Å². The lowest BCUT2D eigenvalue weighted by atomic mass is 10.1. The topological polar surface area (TPSA) is 48.1 Å². The number of benzene rings is 2. The Labute approximate surface area is 173 Å². The normalized spacial score (nSPS) is 12.1. The van der Waals surface area contributed by atoms with E-state index in [0.29, 0.717) is 18.0 Å². The second kappa shape index (κ2) is 9.34. The van der Waals surface area contributed by atoms with Gasteiger partial charge in [0.25, 0.3) is 0 Å². The fourth-order valence-corrected chi connectivity index (χ4v) is 3.61. The molecule has 0 radical (unpaired) electrons. The molecule has 0 saturated heterocycles. The Morgan fingerprint density at radius 2 is 1.93 bits per heavy atom. The van der Waals surface area contributed by atoms with Gasteiger partial charge in [0.05, 0.1) is 32.2 Å². The number of rotatable bonds is 7. The lowest BCUT2D eigenvalue weighted by Gasteiger charge is -2.11. The summed E-state index contributed by atoms with van der Waals surface area (Å²) < 4.78 is 25.9. The fraction of sp³-hybridized carbons (Fsp3) is 0.182. The van der Waals surface area contributed by atoms with E-state index in [2.05, 4.69) is 11.6 Å². The van der Waals surface area contributed by atoms with Crippen molar-refractivity contribution >= 4 is 17.0 Å². The van der Waals surface area contributed by atoms with Gasteiger partial charge in [-0.05, 0) is 43.3 Å². The molecule has 0 fully saturated rings. The molecule has 3 aromatic rings. The van der Waals surface area contributed by atoms with Gasteiger partial charge in [-0.15, -0.1) is 17.9 Å². The zero-order chi connectivity index (χ0) is 20.8. The van der Waals surface area contributed by atoms with Gasteiger partial charge in [-0.1, -0.05) is 6.08 Å². The van der Waals surface area contributed by atoms with Crippen LogP contribution in [0, 0.1) is 5.82 Å². The zero-order valence-corrected chi connectivity index (χ0v) is 17.4. The number of aromatic nitrogens is 1. The quantitative estimate of drug-likeness (QED) is 0.417. The predicted octanol–water partition coefficient (Wildman–Crippen LogP) is 4.73. The Balaban J connectivity index is 2.15. The molecule has 0 spiro atoms. The minimum Gasteiger partial charge on any atom is -0.497 e. The van der Waals surface area contributed by atoms with Crippen LogP contribution in [0.2, 0.25) is 0 Å². The first-order chi connectivity index (χ1) is 14.1. The highest BCUT2D eigenvalue weighted by molar-refractivity contribution is 7.07. The predicted molar refractivity (Wildman–Crippen MR) is 115 cm³/mol. The van der Waals surface area contributed by atoms with E-state index in [9.17, 15) is 4.39 Å². The van der Waals surface area contributed by atoms with E-state index in [4.69, 9.17) is 14.6 Å². The van der Waals surface area contributed by atoms with Gasteiger partial charge < -0.3 is 9.47 Å². The van der Waals surface area contributed by atoms with Crippen molar-refractivity contribution in [3.63, 3.8) is 0 Å². The molecule has 0 aliphatic carbocycles. The average Bonchev–Trinajstić information content (AvgIpc) is 3.14. The monoisotopic (exact) mass is 411 g/mol. The summed E-state index contributed by atoms with van der Waals surface area (Å²) in [5, 5.41) is 6.76. The second-order valence-electron chi connectivity index (χ2n) is 6.10. The van der Waals surface area contributed by atoms with Gasteiger partial charge in [0.2, 0.25) is 4.80 Å². The van der Waals surface area contributed by atoms with Crippen molar-refractivity contribution in [1.29, 1.82) is 0 Å². The van der Waals surface area contributed by atoms with Crippen LogP contribution in [0.4, 0.5) is 4.39 Å². The molecule has 1 aromatic heterocycles. The number of methoxy groups -OCH3 is 2. The van der Waals surface area contributed by atoms with Crippen LogP contribution in [0.3, 0.4) is 0 Å². The summed E-state index contributed by atoms with van der Waals surface area (Å²) in [6.07, 6.45) is 1.73. The summed E-state index contributed by atoms with van der Waals surface area (Å²) in [7, 11) is 3.22. The highest BCUT2D eigenvalue weighted by Gasteiger charge is 2.12. The zero-order valence-electron chi connectivity index (χ0n) is 16.6. The molecular weight excluding hydrogens is 389 g/mol. The lowest BCUT2D eigenvalue weighted by Crippen LogP contribution is -2.15. The Morgan fingerprint density at radius 1 is 1.17 bits per heavy atom. The number of halogens is 1. The van der Waals surface area contributed by atoms with Crippen LogP contribution in [0.15, 0.2) is 70.6 Å². The van der Waals surface area contributed by atoms with E-state index < -0.39 is 0 Å². The molecule has 0 bridgehead atoms. The third-order valence-corrected chi connectivity index (χ3v) is 5.08. The van der Waals surface area contributed by atoms with Gasteiger partial charge in [-0.25, -0.2) is 9.07 Å². The van der Waals surface area contributed by atoms with Crippen molar-refractivity contribution in [3.05, 3.63) is 76.7 Å². The molecule has 5 nitrogen and oxygen atoms in total. The van der Waals surface area contributed by atoms with Crippen molar-refractivity contribution in [1.82, 2.24) is 4.68 Å². The Hall–Kier alpha value is -3.19. The first-order valence-electron chi connectivity index (χ1n) is 8.93. The van der Waals surface area contributed by atoms with Crippen LogP contribution in [-0.4, -0.2) is 31.2 Å². The van der Waals surface area contributed by atoms with Crippen molar-refractivity contribution in [3.8, 4) is 22.8 Å². The SMILES string of the molecule is C=CCN=c1scc(-c2ccc(F)cc2)n1N=C(C)c1ccc(OC)cc1OC. The molecule has 2 aromatic carbocycles. The molecule has 0 saturated carbocycles. The van der Waals surface area contributed by atoms with Crippen LogP contribution in [-0.2, 0) is 0 Å². The minimum atomic E-state index is -0.283. The van der Waals surface area contributed by atoms with E-state index in [1.54, 1.807) is 37.1 Å². The van der Waals surface area contributed by atoms with Gasteiger partial charge in [-0.2, -0.15) is 5.10 Å². The number of ether oxygens (including phenoxy) is 2. The molecule has 0 atom stereocenters. The minimum absolute atomic E-state index is 0.283. The van der Waals surface area contributed by atoms with E-state index in [1.807, 2.05) is 30.5 Å². The maximum Gasteiger partial charge on any atom is 0.206 e. The summed E-state index contributed by atoms with van der Waals surface area (Å²) in [4.78, 5) is 5.25. The van der Waals surface area contributed by atoms with Crippen LogP contribution >= 0.6 is 11.3 Å². The van der Waals surface area contributed by atoms with Gasteiger partial charge in [0.15, 0.2) is 0 Å². The smallest absolute Gasteiger partial charge is 0.206 e. The summed E-state index contributed by atoms with van der Waals surface area (Å²) in [6.45, 7) is 6.10. The summed E-state index contributed by atoms with van der Waals surface area (Å²) in [5.41, 5.74) is 3.25. The maximum absolute atomic E-state index is 13.4. The fourth-order valence-electron chi connectivity index (χ4n) is 2.77. The number of thiazole rings is 1. The standard InChI is InChI=1S/C22H22FN3O2S/c1-5-12-24-22-26(20(14-29-22)16-6-8-17(23)9-7-16)25-15(2)19-11-10-18(27-3)13-21(19)28-4/h5-11,13-14H,1,12H2,2-4H3. The third-order valence-electron chi connectivity index (χ3n) is 4.23. The molecule has 7 heteroatoms. The van der Waals surface area contributed by atoms with Crippen molar-refractivity contribution in [2.75, 3.05) is 20.8 Å². The molecule has 29 heavy (non-hydrogen) atoms. The van der Waals surface area contributed by atoms with E-state index in [1.165, 1.54) is 23.5 Å². The molecule has 0 aliphatic rings. The van der Waals surface area contributed by atoms with Crippen molar-refractivity contribution < 1.29 is 13.9 Å².